The molecule has 0 bridgehead atoms. The molecule has 0 fully saturated rings. The summed E-state index contributed by atoms with van der Waals surface area (Å²) < 4.78 is 4.31. The van der Waals surface area contributed by atoms with E-state index in [1.165, 1.54) is 10.6 Å². The van der Waals surface area contributed by atoms with Crippen LogP contribution < -0.4 is 11.2 Å². The molecule has 152 valence electrons. The van der Waals surface area contributed by atoms with E-state index in [1.807, 2.05) is 37.3 Å². The minimum absolute atomic E-state index is 0.0947. The largest absolute Gasteiger partial charge is 0.337 e. The fraction of sp³-hybridized carbons (Fsp3) is 0.136. The van der Waals surface area contributed by atoms with Gasteiger partial charge < -0.3 is 4.57 Å². The van der Waals surface area contributed by atoms with Gasteiger partial charge in [0.25, 0.3) is 5.56 Å². The third-order valence-corrected chi connectivity index (χ3v) is 5.58. The molecule has 0 saturated heterocycles. The van der Waals surface area contributed by atoms with Gasteiger partial charge in [-0.3, -0.25) is 9.36 Å². The van der Waals surface area contributed by atoms with Crippen molar-refractivity contribution in [3.63, 3.8) is 0 Å². The molecule has 0 aliphatic carbocycles. The van der Waals surface area contributed by atoms with Crippen LogP contribution in [0, 0.1) is 6.92 Å². The molecule has 8 heteroatoms. The van der Waals surface area contributed by atoms with Gasteiger partial charge in [-0.1, -0.05) is 53.0 Å². The molecule has 2 heterocycles. The summed E-state index contributed by atoms with van der Waals surface area (Å²) in [6.45, 7) is 6.08. The SMILES string of the molecule is C=CCn1c(=O)c2c(ncn2Cc2ccc(Cl)c(Cl)c2)n(-c2ccc(C)cc2)c1=O. The van der Waals surface area contributed by atoms with Crippen molar-refractivity contribution in [1.29, 1.82) is 0 Å². The fourth-order valence-corrected chi connectivity index (χ4v) is 3.67. The topological polar surface area (TPSA) is 61.8 Å². The first kappa shape index (κ1) is 20.2. The molecule has 0 amide bonds. The van der Waals surface area contributed by atoms with Crippen LogP contribution in [0.4, 0.5) is 0 Å². The van der Waals surface area contributed by atoms with E-state index < -0.39 is 11.2 Å². The van der Waals surface area contributed by atoms with Gasteiger partial charge >= 0.3 is 5.69 Å². The van der Waals surface area contributed by atoms with Crippen molar-refractivity contribution in [2.24, 2.45) is 0 Å². The fourth-order valence-electron chi connectivity index (χ4n) is 3.35. The Hall–Kier alpha value is -3.09. The molecule has 2 aromatic carbocycles. The molecule has 6 nitrogen and oxygen atoms in total. The number of aryl methyl sites for hydroxylation is 1. The van der Waals surface area contributed by atoms with E-state index >= 15 is 0 Å². The van der Waals surface area contributed by atoms with Gasteiger partial charge in [-0.15, -0.1) is 6.58 Å². The van der Waals surface area contributed by atoms with Crippen LogP contribution in [0.25, 0.3) is 16.9 Å². The predicted octanol–water partition coefficient (Wildman–Crippen LogP) is 4.20. The lowest BCUT2D eigenvalue weighted by atomic mass is 10.2. The Bertz CT molecular complexity index is 1380. The number of aromatic nitrogens is 4. The van der Waals surface area contributed by atoms with Crippen LogP contribution in [0.15, 0.2) is 71.0 Å². The second-order valence-electron chi connectivity index (χ2n) is 6.95. The average Bonchev–Trinajstić information content (AvgIpc) is 3.13. The molecule has 0 aliphatic rings. The molecule has 2 aromatic heterocycles. The average molecular weight is 441 g/mol. The number of hydrogen-bond donors (Lipinski definition) is 0. The van der Waals surface area contributed by atoms with E-state index in [4.69, 9.17) is 23.2 Å². The first-order valence-electron chi connectivity index (χ1n) is 9.23. The molecule has 0 N–H and O–H groups in total. The molecular weight excluding hydrogens is 423 g/mol. The number of nitrogens with zero attached hydrogens (tertiary/aromatic N) is 4. The Morgan fingerprint density at radius 1 is 1.07 bits per heavy atom. The molecule has 0 saturated carbocycles. The quantitative estimate of drug-likeness (QED) is 0.436. The molecule has 4 rings (SSSR count). The number of allylic oxidation sites excluding steroid dienone is 1. The molecule has 4 aromatic rings. The second kappa shape index (κ2) is 7.97. The van der Waals surface area contributed by atoms with Crippen molar-refractivity contribution in [3.05, 3.63) is 103 Å². The van der Waals surface area contributed by atoms with E-state index in [1.54, 1.807) is 23.0 Å². The zero-order valence-corrected chi connectivity index (χ0v) is 17.7. The number of benzene rings is 2. The van der Waals surface area contributed by atoms with Gasteiger partial charge in [0.05, 0.1) is 22.1 Å². The van der Waals surface area contributed by atoms with Crippen LogP contribution in [0.2, 0.25) is 10.0 Å². The molecule has 0 spiro atoms. The minimum atomic E-state index is -0.462. The zero-order valence-electron chi connectivity index (χ0n) is 16.2. The van der Waals surface area contributed by atoms with Crippen molar-refractivity contribution >= 4 is 34.4 Å². The van der Waals surface area contributed by atoms with Gasteiger partial charge in [-0.25, -0.2) is 14.3 Å². The van der Waals surface area contributed by atoms with Crippen LogP contribution in [0.5, 0.6) is 0 Å². The maximum atomic E-state index is 13.2. The third-order valence-electron chi connectivity index (χ3n) is 4.84. The Labute approximate surface area is 182 Å². The van der Waals surface area contributed by atoms with Crippen molar-refractivity contribution < 1.29 is 0 Å². The summed E-state index contributed by atoms with van der Waals surface area (Å²) in [5, 5.41) is 0.886. The smallest absolute Gasteiger partial charge is 0.320 e. The monoisotopic (exact) mass is 440 g/mol. The maximum Gasteiger partial charge on any atom is 0.337 e. The summed E-state index contributed by atoms with van der Waals surface area (Å²) >= 11 is 12.1. The van der Waals surface area contributed by atoms with Crippen molar-refractivity contribution in [3.8, 4) is 5.69 Å². The molecule has 0 radical (unpaired) electrons. The third kappa shape index (κ3) is 3.49. The molecule has 30 heavy (non-hydrogen) atoms. The van der Waals surface area contributed by atoms with Gasteiger partial charge in [-0.2, -0.15) is 0 Å². The van der Waals surface area contributed by atoms with Gasteiger partial charge in [0, 0.05) is 13.1 Å². The molecular formula is C22H18Cl2N4O2. The van der Waals surface area contributed by atoms with Crippen LogP contribution >= 0.6 is 23.2 Å². The van der Waals surface area contributed by atoms with Crippen LogP contribution in [0.3, 0.4) is 0 Å². The summed E-state index contributed by atoms with van der Waals surface area (Å²) in [6, 6.07) is 12.8. The standard InChI is InChI=1S/C22H18Cl2N4O2/c1-3-10-27-21(29)19-20(28(22(27)30)16-7-4-14(2)5-8-16)25-13-26(19)12-15-6-9-17(23)18(24)11-15/h3-9,11,13H,1,10,12H2,2H3. The highest BCUT2D eigenvalue weighted by Gasteiger charge is 2.19. The van der Waals surface area contributed by atoms with E-state index in [2.05, 4.69) is 11.6 Å². The van der Waals surface area contributed by atoms with E-state index in [0.717, 1.165) is 15.7 Å². The van der Waals surface area contributed by atoms with E-state index in [-0.39, 0.29) is 6.54 Å². The van der Waals surface area contributed by atoms with Crippen molar-refractivity contribution in [2.45, 2.75) is 20.0 Å². The van der Waals surface area contributed by atoms with Crippen LogP contribution in [-0.2, 0) is 13.1 Å². The van der Waals surface area contributed by atoms with E-state index in [0.29, 0.717) is 33.4 Å². The second-order valence-corrected chi connectivity index (χ2v) is 7.77. The summed E-state index contributed by atoms with van der Waals surface area (Å²) in [6.07, 6.45) is 3.07. The first-order valence-corrected chi connectivity index (χ1v) is 9.99. The molecule has 0 aliphatic heterocycles. The van der Waals surface area contributed by atoms with Crippen molar-refractivity contribution in [1.82, 2.24) is 18.7 Å². The lowest BCUT2D eigenvalue weighted by molar-refractivity contribution is 0.690. The molecule has 0 unspecified atom stereocenters. The predicted molar refractivity (Wildman–Crippen MR) is 120 cm³/mol. The first-order chi connectivity index (χ1) is 14.4. The Kier molecular flexibility index (Phi) is 5.37. The lowest BCUT2D eigenvalue weighted by Gasteiger charge is -2.12. The Morgan fingerprint density at radius 2 is 1.80 bits per heavy atom. The van der Waals surface area contributed by atoms with Gasteiger partial charge in [0.1, 0.15) is 0 Å². The maximum absolute atomic E-state index is 13.2. The normalized spacial score (nSPS) is 11.2. The number of fused-ring (bicyclic) bond motifs is 1. The number of imidazole rings is 1. The Morgan fingerprint density at radius 3 is 2.47 bits per heavy atom. The minimum Gasteiger partial charge on any atom is -0.320 e. The highest BCUT2D eigenvalue weighted by Crippen LogP contribution is 2.23. The van der Waals surface area contributed by atoms with Crippen LogP contribution in [-0.4, -0.2) is 18.7 Å². The van der Waals surface area contributed by atoms with Gasteiger partial charge in [-0.05, 0) is 36.8 Å². The lowest BCUT2D eigenvalue weighted by Crippen LogP contribution is -2.39. The highest BCUT2D eigenvalue weighted by molar-refractivity contribution is 6.42. The Balaban J connectivity index is 1.97. The summed E-state index contributed by atoms with van der Waals surface area (Å²) in [5.74, 6) is 0. The van der Waals surface area contributed by atoms with E-state index in [9.17, 15) is 9.59 Å². The summed E-state index contributed by atoms with van der Waals surface area (Å²) in [5.41, 5.74) is 2.29. The van der Waals surface area contributed by atoms with Gasteiger partial charge in [0.15, 0.2) is 11.2 Å². The summed E-state index contributed by atoms with van der Waals surface area (Å²) in [4.78, 5) is 30.7. The molecule has 0 atom stereocenters. The van der Waals surface area contributed by atoms with Gasteiger partial charge in [0.2, 0.25) is 0 Å². The number of halogens is 2. The number of hydrogen-bond acceptors (Lipinski definition) is 3. The van der Waals surface area contributed by atoms with Crippen molar-refractivity contribution in [2.75, 3.05) is 0 Å². The number of rotatable bonds is 5. The zero-order chi connectivity index (χ0) is 21.4. The summed E-state index contributed by atoms with van der Waals surface area (Å²) in [7, 11) is 0. The highest BCUT2D eigenvalue weighted by atomic mass is 35.5. The van der Waals surface area contributed by atoms with Crippen LogP contribution in [0.1, 0.15) is 11.1 Å².